The van der Waals surface area contributed by atoms with Crippen LogP contribution in [0.15, 0.2) is 47.5 Å². The van der Waals surface area contributed by atoms with Gasteiger partial charge in [-0.05, 0) is 23.8 Å². The third-order valence-electron chi connectivity index (χ3n) is 2.42. The molecule has 1 heterocycles. The SMILES string of the molecule is Nc1cc(S(=O)(=O)NCc2cccc(F)c2)ccn1. The Hall–Kier alpha value is -1.99. The lowest BCUT2D eigenvalue weighted by Gasteiger charge is -2.07. The fraction of sp³-hybridized carbons (Fsp3) is 0.0833. The summed E-state index contributed by atoms with van der Waals surface area (Å²) in [7, 11) is -3.69. The molecule has 0 aliphatic rings. The number of hydrogen-bond acceptors (Lipinski definition) is 4. The van der Waals surface area contributed by atoms with Gasteiger partial charge in [0.15, 0.2) is 0 Å². The minimum Gasteiger partial charge on any atom is -0.384 e. The van der Waals surface area contributed by atoms with Crippen molar-refractivity contribution in [3.63, 3.8) is 0 Å². The van der Waals surface area contributed by atoms with Crippen LogP contribution in [-0.2, 0) is 16.6 Å². The average Bonchev–Trinajstić information content (AvgIpc) is 2.37. The predicted molar refractivity (Wildman–Crippen MR) is 69.1 cm³/mol. The highest BCUT2D eigenvalue weighted by Crippen LogP contribution is 2.11. The van der Waals surface area contributed by atoms with Crippen LogP contribution in [0.5, 0.6) is 0 Å². The first-order valence-corrected chi connectivity index (χ1v) is 6.91. The number of pyridine rings is 1. The van der Waals surface area contributed by atoms with E-state index >= 15 is 0 Å². The van der Waals surface area contributed by atoms with E-state index in [4.69, 9.17) is 5.73 Å². The van der Waals surface area contributed by atoms with Crippen molar-refractivity contribution in [3.05, 3.63) is 54.0 Å². The Morgan fingerprint density at radius 3 is 2.74 bits per heavy atom. The fourth-order valence-electron chi connectivity index (χ4n) is 1.50. The van der Waals surface area contributed by atoms with Gasteiger partial charge in [0.25, 0.3) is 0 Å². The average molecular weight is 281 g/mol. The van der Waals surface area contributed by atoms with Gasteiger partial charge in [0.1, 0.15) is 11.6 Å². The molecule has 0 radical (unpaired) electrons. The highest BCUT2D eigenvalue weighted by atomic mass is 32.2. The maximum Gasteiger partial charge on any atom is 0.241 e. The molecule has 1 aromatic carbocycles. The first-order chi connectivity index (χ1) is 8.97. The van der Waals surface area contributed by atoms with Gasteiger partial charge in [-0.15, -0.1) is 0 Å². The number of nitrogens with zero attached hydrogens (tertiary/aromatic N) is 1. The zero-order chi connectivity index (χ0) is 13.9. The van der Waals surface area contributed by atoms with Crippen molar-refractivity contribution in [1.29, 1.82) is 0 Å². The van der Waals surface area contributed by atoms with Crippen LogP contribution in [0, 0.1) is 5.82 Å². The Balaban J connectivity index is 2.14. The zero-order valence-corrected chi connectivity index (χ0v) is 10.7. The number of aromatic nitrogens is 1. The summed E-state index contributed by atoms with van der Waals surface area (Å²) in [5, 5.41) is 0. The summed E-state index contributed by atoms with van der Waals surface area (Å²) < 4.78 is 39.2. The number of hydrogen-bond donors (Lipinski definition) is 2. The van der Waals surface area contributed by atoms with Gasteiger partial charge in [0, 0.05) is 18.8 Å². The summed E-state index contributed by atoms with van der Waals surface area (Å²) in [6.07, 6.45) is 1.31. The molecule has 0 bridgehead atoms. The Kier molecular flexibility index (Phi) is 3.77. The van der Waals surface area contributed by atoms with Crippen molar-refractivity contribution in [2.24, 2.45) is 0 Å². The molecule has 3 N–H and O–H groups in total. The van der Waals surface area contributed by atoms with Gasteiger partial charge < -0.3 is 5.73 Å². The van der Waals surface area contributed by atoms with Crippen molar-refractivity contribution >= 4 is 15.8 Å². The van der Waals surface area contributed by atoms with Crippen molar-refractivity contribution in [1.82, 2.24) is 9.71 Å². The lowest BCUT2D eigenvalue weighted by atomic mass is 10.2. The van der Waals surface area contributed by atoms with Gasteiger partial charge in [-0.3, -0.25) is 0 Å². The topological polar surface area (TPSA) is 85.1 Å². The molecule has 2 rings (SSSR count). The zero-order valence-electron chi connectivity index (χ0n) is 9.88. The summed E-state index contributed by atoms with van der Waals surface area (Å²) in [5.74, 6) is -0.293. The predicted octanol–water partition coefficient (Wildman–Crippen LogP) is 1.28. The van der Waals surface area contributed by atoms with Gasteiger partial charge in [-0.25, -0.2) is 22.5 Å². The van der Waals surface area contributed by atoms with Crippen LogP contribution in [-0.4, -0.2) is 13.4 Å². The van der Waals surface area contributed by atoms with Crippen molar-refractivity contribution in [3.8, 4) is 0 Å². The van der Waals surface area contributed by atoms with E-state index in [-0.39, 0.29) is 17.3 Å². The van der Waals surface area contributed by atoms with Gasteiger partial charge in [0.05, 0.1) is 4.90 Å². The first kappa shape index (κ1) is 13.4. The minimum atomic E-state index is -3.69. The second kappa shape index (κ2) is 5.33. The monoisotopic (exact) mass is 281 g/mol. The molecule has 19 heavy (non-hydrogen) atoms. The molecule has 0 fully saturated rings. The van der Waals surface area contributed by atoms with Crippen LogP contribution in [0.4, 0.5) is 10.2 Å². The molecule has 1 aromatic heterocycles. The molecule has 5 nitrogen and oxygen atoms in total. The van der Waals surface area contributed by atoms with Crippen LogP contribution < -0.4 is 10.5 Å². The standard InChI is InChI=1S/C12H12FN3O2S/c13-10-3-1-2-9(6-10)8-16-19(17,18)11-4-5-15-12(14)7-11/h1-7,16H,8H2,(H2,14,15). The lowest BCUT2D eigenvalue weighted by molar-refractivity contribution is 0.580. The van der Waals surface area contributed by atoms with E-state index in [2.05, 4.69) is 9.71 Å². The number of nitrogens with two attached hydrogens (primary N) is 1. The van der Waals surface area contributed by atoms with E-state index in [1.54, 1.807) is 6.07 Å². The summed E-state index contributed by atoms with van der Waals surface area (Å²) in [5.41, 5.74) is 5.96. The molecule has 0 aliphatic carbocycles. The Bertz CT molecular complexity index is 689. The summed E-state index contributed by atoms with van der Waals surface area (Å²) in [6.45, 7) is 0.00230. The number of rotatable bonds is 4. The number of nitrogen functional groups attached to an aromatic ring is 1. The quantitative estimate of drug-likeness (QED) is 0.884. The van der Waals surface area contributed by atoms with Crippen molar-refractivity contribution in [2.45, 2.75) is 11.4 Å². The third-order valence-corrected chi connectivity index (χ3v) is 3.82. The van der Waals surface area contributed by atoms with Crippen LogP contribution in [0.3, 0.4) is 0 Å². The van der Waals surface area contributed by atoms with Crippen molar-refractivity contribution in [2.75, 3.05) is 5.73 Å². The summed E-state index contributed by atoms with van der Waals surface area (Å²) in [4.78, 5) is 3.74. The lowest BCUT2D eigenvalue weighted by Crippen LogP contribution is -2.23. The molecule has 0 spiro atoms. The van der Waals surface area contributed by atoms with E-state index < -0.39 is 15.8 Å². The number of anilines is 1. The second-order valence-corrected chi connectivity index (χ2v) is 5.64. The molecule has 7 heteroatoms. The molecule has 0 aliphatic heterocycles. The number of nitrogens with one attached hydrogen (secondary N) is 1. The maximum atomic E-state index is 13.0. The van der Waals surface area contributed by atoms with E-state index in [1.165, 1.54) is 36.5 Å². The third kappa shape index (κ3) is 3.49. The Morgan fingerprint density at radius 1 is 1.26 bits per heavy atom. The van der Waals surface area contributed by atoms with Crippen molar-refractivity contribution < 1.29 is 12.8 Å². The van der Waals surface area contributed by atoms with Crippen LogP contribution in [0.1, 0.15) is 5.56 Å². The number of benzene rings is 1. The number of sulfonamides is 1. The van der Waals surface area contributed by atoms with E-state index in [1.807, 2.05) is 0 Å². The second-order valence-electron chi connectivity index (χ2n) is 3.87. The molecule has 0 atom stereocenters. The smallest absolute Gasteiger partial charge is 0.241 e. The number of halogens is 1. The summed E-state index contributed by atoms with van der Waals surface area (Å²) in [6, 6.07) is 8.30. The van der Waals surface area contributed by atoms with Gasteiger partial charge in [-0.1, -0.05) is 12.1 Å². The van der Waals surface area contributed by atoms with E-state index in [0.29, 0.717) is 5.56 Å². The Labute approximate surface area is 110 Å². The normalized spacial score (nSPS) is 11.4. The summed E-state index contributed by atoms with van der Waals surface area (Å²) >= 11 is 0. The minimum absolute atomic E-state index is 0.00230. The molecule has 0 unspecified atom stereocenters. The molecule has 100 valence electrons. The largest absolute Gasteiger partial charge is 0.384 e. The molecule has 2 aromatic rings. The van der Waals surface area contributed by atoms with Crippen LogP contribution in [0.25, 0.3) is 0 Å². The maximum absolute atomic E-state index is 13.0. The van der Waals surface area contributed by atoms with E-state index in [9.17, 15) is 12.8 Å². The molecule has 0 amide bonds. The molecule has 0 saturated heterocycles. The first-order valence-electron chi connectivity index (χ1n) is 5.43. The van der Waals surface area contributed by atoms with Crippen LogP contribution >= 0.6 is 0 Å². The van der Waals surface area contributed by atoms with Gasteiger partial charge in [0.2, 0.25) is 10.0 Å². The van der Waals surface area contributed by atoms with Gasteiger partial charge >= 0.3 is 0 Å². The van der Waals surface area contributed by atoms with Gasteiger partial charge in [-0.2, -0.15) is 0 Å². The van der Waals surface area contributed by atoms with Crippen LogP contribution in [0.2, 0.25) is 0 Å². The van der Waals surface area contributed by atoms with E-state index in [0.717, 1.165) is 0 Å². The highest BCUT2D eigenvalue weighted by Gasteiger charge is 2.14. The molecule has 0 saturated carbocycles. The fourth-order valence-corrected chi connectivity index (χ4v) is 2.54. The highest BCUT2D eigenvalue weighted by molar-refractivity contribution is 7.89. The Morgan fingerprint density at radius 2 is 2.05 bits per heavy atom. The molecular formula is C12H12FN3O2S. The molecular weight excluding hydrogens is 269 g/mol.